The minimum absolute atomic E-state index is 0.0490. The molecule has 74 valence electrons. The van der Waals surface area contributed by atoms with E-state index in [0.717, 1.165) is 13.0 Å². The van der Waals surface area contributed by atoms with Crippen molar-refractivity contribution in [1.29, 1.82) is 0 Å². The van der Waals surface area contributed by atoms with Crippen LogP contribution in [0.15, 0.2) is 24.3 Å². The minimum Gasteiger partial charge on any atom is -0.351 e. The number of likely N-dealkylation sites (N-methyl/N-ethyl adjacent to an activating group) is 1. The van der Waals surface area contributed by atoms with Gasteiger partial charge in [-0.1, -0.05) is 25.7 Å². The summed E-state index contributed by atoms with van der Waals surface area (Å²) in [6.07, 6.45) is 4.29. The van der Waals surface area contributed by atoms with E-state index >= 15 is 0 Å². The Balaban J connectivity index is 3.92. The van der Waals surface area contributed by atoms with E-state index in [1.165, 1.54) is 0 Å². The molecule has 0 fully saturated rings. The molecule has 0 aromatic heterocycles. The summed E-state index contributed by atoms with van der Waals surface area (Å²) in [6, 6.07) is 0. The van der Waals surface area contributed by atoms with Crippen molar-refractivity contribution in [2.75, 3.05) is 20.1 Å². The molecule has 0 atom stereocenters. The molecule has 0 saturated heterocycles. The normalized spacial score (nSPS) is 11.1. The standard InChI is InChI=1S/C10H18N2O/c1-4-6-9(5-2)10(13)12-8-7-11-3/h5-6,11H,2,4,7-8H2,1,3H3,(H,12,13)/b9-6+. The van der Waals surface area contributed by atoms with E-state index in [2.05, 4.69) is 17.2 Å². The predicted molar refractivity (Wildman–Crippen MR) is 55.5 cm³/mol. The summed E-state index contributed by atoms with van der Waals surface area (Å²) in [4.78, 5) is 11.4. The number of amides is 1. The van der Waals surface area contributed by atoms with Gasteiger partial charge in [-0.3, -0.25) is 4.79 Å². The quantitative estimate of drug-likeness (QED) is 0.363. The van der Waals surface area contributed by atoms with Gasteiger partial charge in [0.15, 0.2) is 0 Å². The van der Waals surface area contributed by atoms with Crippen LogP contribution in [0.5, 0.6) is 0 Å². The first-order valence-corrected chi connectivity index (χ1v) is 4.51. The summed E-state index contributed by atoms with van der Waals surface area (Å²) < 4.78 is 0. The topological polar surface area (TPSA) is 41.1 Å². The average Bonchev–Trinajstić information content (AvgIpc) is 2.14. The van der Waals surface area contributed by atoms with Crippen LogP contribution in [0.1, 0.15) is 13.3 Å². The van der Waals surface area contributed by atoms with Crippen LogP contribution in [0.4, 0.5) is 0 Å². The number of carbonyl (C=O) groups excluding carboxylic acids is 1. The molecule has 0 saturated carbocycles. The first kappa shape index (κ1) is 11.9. The van der Waals surface area contributed by atoms with E-state index in [1.807, 2.05) is 20.0 Å². The van der Waals surface area contributed by atoms with Crippen molar-refractivity contribution in [2.24, 2.45) is 0 Å². The number of rotatable bonds is 6. The third-order valence-corrected chi connectivity index (χ3v) is 1.57. The minimum atomic E-state index is -0.0490. The predicted octanol–water partition coefficient (Wildman–Crippen LogP) is 0.844. The van der Waals surface area contributed by atoms with Gasteiger partial charge in [-0.05, 0) is 13.5 Å². The van der Waals surface area contributed by atoms with Gasteiger partial charge in [0, 0.05) is 18.7 Å². The molecule has 13 heavy (non-hydrogen) atoms. The van der Waals surface area contributed by atoms with E-state index in [1.54, 1.807) is 6.08 Å². The smallest absolute Gasteiger partial charge is 0.250 e. The molecule has 0 aromatic rings. The van der Waals surface area contributed by atoms with Crippen LogP contribution >= 0.6 is 0 Å². The van der Waals surface area contributed by atoms with E-state index in [9.17, 15) is 4.79 Å². The van der Waals surface area contributed by atoms with Crippen LogP contribution in [0, 0.1) is 0 Å². The highest BCUT2D eigenvalue weighted by atomic mass is 16.1. The molecule has 0 rings (SSSR count). The second-order valence-corrected chi connectivity index (χ2v) is 2.63. The molecule has 0 spiro atoms. The molecule has 2 N–H and O–H groups in total. The molecule has 0 unspecified atom stereocenters. The lowest BCUT2D eigenvalue weighted by atomic mass is 10.2. The summed E-state index contributed by atoms with van der Waals surface area (Å²) in [6.45, 7) is 7.00. The molecule has 0 heterocycles. The third kappa shape index (κ3) is 5.20. The molecule has 0 aliphatic rings. The van der Waals surface area contributed by atoms with Crippen molar-refractivity contribution in [3.05, 3.63) is 24.3 Å². The highest BCUT2D eigenvalue weighted by molar-refractivity contribution is 5.95. The molecule has 0 aliphatic heterocycles. The van der Waals surface area contributed by atoms with E-state index in [0.29, 0.717) is 12.1 Å². The number of hydrogen-bond donors (Lipinski definition) is 2. The Bertz CT molecular complexity index is 197. The van der Waals surface area contributed by atoms with Gasteiger partial charge in [0.05, 0.1) is 0 Å². The van der Waals surface area contributed by atoms with Gasteiger partial charge >= 0.3 is 0 Å². The third-order valence-electron chi connectivity index (χ3n) is 1.57. The SMILES string of the molecule is C=C/C(=C\CC)C(=O)NCCNC. The molecule has 3 heteroatoms. The molecule has 1 amide bonds. The van der Waals surface area contributed by atoms with Crippen LogP contribution in [-0.4, -0.2) is 26.0 Å². The maximum atomic E-state index is 11.4. The van der Waals surface area contributed by atoms with E-state index in [-0.39, 0.29) is 5.91 Å². The van der Waals surface area contributed by atoms with Gasteiger partial charge in [0.25, 0.3) is 5.91 Å². The van der Waals surface area contributed by atoms with E-state index in [4.69, 9.17) is 0 Å². The monoisotopic (exact) mass is 182 g/mol. The fourth-order valence-corrected chi connectivity index (χ4v) is 0.892. The fraction of sp³-hybridized carbons (Fsp3) is 0.500. The summed E-state index contributed by atoms with van der Waals surface area (Å²) in [5.41, 5.74) is 0.651. The summed E-state index contributed by atoms with van der Waals surface area (Å²) in [5, 5.41) is 5.73. The Morgan fingerprint density at radius 3 is 2.62 bits per heavy atom. The largest absolute Gasteiger partial charge is 0.351 e. The van der Waals surface area contributed by atoms with Crippen molar-refractivity contribution in [1.82, 2.24) is 10.6 Å². The van der Waals surface area contributed by atoms with Crippen molar-refractivity contribution >= 4 is 5.91 Å². The lowest BCUT2D eigenvalue weighted by Gasteiger charge is -2.04. The lowest BCUT2D eigenvalue weighted by Crippen LogP contribution is -2.31. The van der Waals surface area contributed by atoms with Crippen LogP contribution in [0.25, 0.3) is 0 Å². The maximum absolute atomic E-state index is 11.4. The molecule has 3 nitrogen and oxygen atoms in total. The summed E-state index contributed by atoms with van der Waals surface area (Å²) in [7, 11) is 1.85. The Labute approximate surface area is 79.9 Å². The molecule has 0 aromatic carbocycles. The summed E-state index contributed by atoms with van der Waals surface area (Å²) in [5.74, 6) is -0.0490. The van der Waals surface area contributed by atoms with Crippen LogP contribution in [-0.2, 0) is 4.79 Å². The number of hydrogen-bond acceptors (Lipinski definition) is 2. The zero-order chi connectivity index (χ0) is 10.1. The van der Waals surface area contributed by atoms with Gasteiger partial charge in [-0.15, -0.1) is 0 Å². The van der Waals surface area contributed by atoms with Crippen LogP contribution < -0.4 is 10.6 Å². The maximum Gasteiger partial charge on any atom is 0.250 e. The van der Waals surface area contributed by atoms with Gasteiger partial charge in [0.2, 0.25) is 0 Å². The van der Waals surface area contributed by atoms with Gasteiger partial charge < -0.3 is 10.6 Å². The lowest BCUT2D eigenvalue weighted by molar-refractivity contribution is -0.117. The Morgan fingerprint density at radius 2 is 2.15 bits per heavy atom. The van der Waals surface area contributed by atoms with Crippen molar-refractivity contribution in [3.63, 3.8) is 0 Å². The fourth-order valence-electron chi connectivity index (χ4n) is 0.892. The van der Waals surface area contributed by atoms with Crippen molar-refractivity contribution in [2.45, 2.75) is 13.3 Å². The highest BCUT2D eigenvalue weighted by Crippen LogP contribution is 1.97. The Hall–Kier alpha value is -1.09. The highest BCUT2D eigenvalue weighted by Gasteiger charge is 2.02. The van der Waals surface area contributed by atoms with Gasteiger partial charge in [0.1, 0.15) is 0 Å². The van der Waals surface area contributed by atoms with Crippen LogP contribution in [0.2, 0.25) is 0 Å². The Kier molecular flexibility index (Phi) is 6.92. The van der Waals surface area contributed by atoms with Crippen molar-refractivity contribution < 1.29 is 4.79 Å². The second-order valence-electron chi connectivity index (χ2n) is 2.63. The molecule has 0 bridgehead atoms. The number of allylic oxidation sites excluding steroid dienone is 1. The molecular weight excluding hydrogens is 164 g/mol. The average molecular weight is 182 g/mol. The summed E-state index contributed by atoms with van der Waals surface area (Å²) >= 11 is 0. The molecular formula is C10H18N2O. The van der Waals surface area contributed by atoms with Gasteiger partial charge in [-0.25, -0.2) is 0 Å². The first-order chi connectivity index (χ1) is 6.26. The first-order valence-electron chi connectivity index (χ1n) is 4.51. The van der Waals surface area contributed by atoms with Crippen LogP contribution in [0.3, 0.4) is 0 Å². The number of nitrogens with one attached hydrogen (secondary N) is 2. The van der Waals surface area contributed by atoms with Crippen molar-refractivity contribution in [3.8, 4) is 0 Å². The van der Waals surface area contributed by atoms with Gasteiger partial charge in [-0.2, -0.15) is 0 Å². The Morgan fingerprint density at radius 1 is 1.46 bits per heavy atom. The second kappa shape index (κ2) is 7.55. The van der Waals surface area contributed by atoms with E-state index < -0.39 is 0 Å². The zero-order valence-corrected chi connectivity index (χ0v) is 8.39. The zero-order valence-electron chi connectivity index (χ0n) is 8.39. The number of carbonyl (C=O) groups is 1. The molecule has 0 radical (unpaired) electrons. The molecule has 0 aliphatic carbocycles.